The van der Waals surface area contributed by atoms with Crippen LogP contribution in [0.2, 0.25) is 5.02 Å². The minimum absolute atomic E-state index is 0.0553. The van der Waals surface area contributed by atoms with Gasteiger partial charge in [0.2, 0.25) is 5.91 Å². The van der Waals surface area contributed by atoms with Gasteiger partial charge < -0.3 is 10.1 Å². The molecule has 7 heteroatoms. The molecule has 1 aliphatic rings. The van der Waals surface area contributed by atoms with E-state index in [2.05, 4.69) is 39.2 Å². The number of nitrogens with one attached hydrogen (secondary N) is 1. The summed E-state index contributed by atoms with van der Waals surface area (Å²) in [6, 6.07) is 10.1. The first kappa shape index (κ1) is 19.5. The number of aryl methyl sites for hydroxylation is 1. The number of ether oxygens (including phenoxy) is 1. The summed E-state index contributed by atoms with van der Waals surface area (Å²) < 4.78 is 5.38. The minimum atomic E-state index is -0.0553. The Morgan fingerprint density at radius 1 is 1.32 bits per heavy atom. The fourth-order valence-electron chi connectivity index (χ4n) is 3.62. The summed E-state index contributed by atoms with van der Waals surface area (Å²) in [4.78, 5) is 17.8. The summed E-state index contributed by atoms with van der Waals surface area (Å²) in [7, 11) is 1.58. The number of thiophene rings is 2. The van der Waals surface area contributed by atoms with Crippen LogP contribution in [0.15, 0.2) is 41.1 Å². The largest absolute Gasteiger partial charge is 0.495 e. The van der Waals surface area contributed by atoms with Gasteiger partial charge in [0.1, 0.15) is 5.75 Å². The summed E-state index contributed by atoms with van der Waals surface area (Å²) in [6.07, 6.45) is 0.978. The second-order valence-corrected chi connectivity index (χ2v) is 9.17. The van der Waals surface area contributed by atoms with Crippen LogP contribution < -0.4 is 10.1 Å². The van der Waals surface area contributed by atoms with Gasteiger partial charge in [0.25, 0.3) is 0 Å². The zero-order chi connectivity index (χ0) is 19.7. The van der Waals surface area contributed by atoms with Crippen LogP contribution in [0.25, 0.3) is 0 Å². The number of nitrogens with zero attached hydrogens (tertiary/aromatic N) is 1. The molecule has 3 heterocycles. The van der Waals surface area contributed by atoms with E-state index in [1.165, 1.54) is 15.3 Å². The molecule has 28 heavy (non-hydrogen) atoms. The van der Waals surface area contributed by atoms with Crippen molar-refractivity contribution in [1.82, 2.24) is 4.90 Å². The first-order valence-corrected chi connectivity index (χ1v) is 11.2. The van der Waals surface area contributed by atoms with E-state index in [1.807, 2.05) is 13.0 Å². The van der Waals surface area contributed by atoms with Crippen molar-refractivity contribution < 1.29 is 9.53 Å². The molecule has 0 fully saturated rings. The van der Waals surface area contributed by atoms with E-state index in [1.54, 1.807) is 35.8 Å². The molecule has 1 amide bonds. The summed E-state index contributed by atoms with van der Waals surface area (Å²) in [5, 5.41) is 7.86. The first-order valence-electron chi connectivity index (χ1n) is 9.04. The molecular weight excluding hydrogens is 412 g/mol. The number of anilines is 1. The average molecular weight is 433 g/mol. The highest BCUT2D eigenvalue weighted by Gasteiger charge is 2.31. The third-order valence-corrected chi connectivity index (χ3v) is 7.31. The molecule has 2 aromatic heterocycles. The van der Waals surface area contributed by atoms with Crippen LogP contribution in [0.5, 0.6) is 5.75 Å². The molecule has 146 valence electrons. The molecule has 0 radical (unpaired) electrons. The Bertz CT molecular complexity index is 984. The predicted octanol–water partition coefficient (Wildman–Crippen LogP) is 5.37. The van der Waals surface area contributed by atoms with Crippen molar-refractivity contribution in [3.63, 3.8) is 0 Å². The Morgan fingerprint density at radius 2 is 2.18 bits per heavy atom. The third-order valence-electron chi connectivity index (χ3n) is 4.98. The fourth-order valence-corrected chi connectivity index (χ4v) is 5.56. The van der Waals surface area contributed by atoms with Gasteiger partial charge in [-0.05, 0) is 53.4 Å². The number of fused-ring (bicyclic) bond motifs is 1. The van der Waals surface area contributed by atoms with E-state index < -0.39 is 0 Å². The summed E-state index contributed by atoms with van der Waals surface area (Å²) in [5.41, 5.74) is 2.87. The van der Waals surface area contributed by atoms with E-state index in [0.29, 0.717) is 23.0 Å². The third kappa shape index (κ3) is 3.82. The van der Waals surface area contributed by atoms with Gasteiger partial charge in [-0.2, -0.15) is 0 Å². The second kappa shape index (κ2) is 8.25. The van der Waals surface area contributed by atoms with Gasteiger partial charge in [0.15, 0.2) is 0 Å². The van der Waals surface area contributed by atoms with E-state index in [0.717, 1.165) is 18.5 Å². The number of methoxy groups -OCH3 is 1. The molecular formula is C21H21ClN2O2S2. The molecule has 1 N–H and O–H groups in total. The maximum Gasteiger partial charge on any atom is 0.238 e. The fraction of sp³-hybridized carbons (Fsp3) is 0.286. The van der Waals surface area contributed by atoms with Gasteiger partial charge in [0, 0.05) is 27.4 Å². The molecule has 1 aromatic carbocycles. The molecule has 0 saturated heterocycles. The standard InChI is InChI=1S/C21H21ClN2O2S2/c1-13-10-16(17(26-2)11-15(13)22)23-20(25)12-24-7-5-18-14(6-9-28-18)21(24)19-4-3-8-27-19/h3-4,6,8-11,21H,5,7,12H2,1-2H3,(H,23,25)/t21-/m0/s1. The normalized spacial score (nSPS) is 16.6. The first-order chi connectivity index (χ1) is 13.6. The van der Waals surface area contributed by atoms with Crippen LogP contribution in [-0.4, -0.2) is 31.0 Å². The van der Waals surface area contributed by atoms with Crippen molar-refractivity contribution in [3.8, 4) is 5.75 Å². The van der Waals surface area contributed by atoms with E-state index in [4.69, 9.17) is 16.3 Å². The summed E-state index contributed by atoms with van der Waals surface area (Å²) >= 11 is 9.71. The number of halogens is 1. The SMILES string of the molecule is COc1cc(Cl)c(C)cc1NC(=O)CN1CCc2sccc2[C@H]1c1cccs1. The van der Waals surface area contributed by atoms with E-state index in [9.17, 15) is 4.79 Å². The van der Waals surface area contributed by atoms with Crippen molar-refractivity contribution in [1.29, 1.82) is 0 Å². The average Bonchev–Trinajstić information content (AvgIpc) is 3.36. The van der Waals surface area contributed by atoms with Gasteiger partial charge in [-0.1, -0.05) is 17.7 Å². The van der Waals surface area contributed by atoms with E-state index in [-0.39, 0.29) is 11.9 Å². The van der Waals surface area contributed by atoms with Crippen molar-refractivity contribution in [3.05, 3.63) is 67.0 Å². The Morgan fingerprint density at radius 3 is 2.93 bits per heavy atom. The highest BCUT2D eigenvalue weighted by molar-refractivity contribution is 7.10. The predicted molar refractivity (Wildman–Crippen MR) is 117 cm³/mol. The maximum atomic E-state index is 12.9. The number of carbonyl (C=O) groups is 1. The lowest BCUT2D eigenvalue weighted by atomic mass is 9.98. The Balaban J connectivity index is 1.55. The lowest BCUT2D eigenvalue weighted by Gasteiger charge is -2.34. The van der Waals surface area contributed by atoms with Gasteiger partial charge >= 0.3 is 0 Å². The molecule has 0 bridgehead atoms. The molecule has 0 unspecified atom stereocenters. The number of carbonyl (C=O) groups excluding carboxylic acids is 1. The lowest BCUT2D eigenvalue weighted by molar-refractivity contribution is -0.117. The minimum Gasteiger partial charge on any atom is -0.495 e. The maximum absolute atomic E-state index is 12.9. The highest BCUT2D eigenvalue weighted by Crippen LogP contribution is 2.39. The van der Waals surface area contributed by atoms with Crippen LogP contribution in [0.4, 0.5) is 5.69 Å². The molecule has 0 spiro atoms. The quantitative estimate of drug-likeness (QED) is 0.589. The van der Waals surface area contributed by atoms with Gasteiger partial charge in [0.05, 0.1) is 25.4 Å². The van der Waals surface area contributed by atoms with E-state index >= 15 is 0 Å². The van der Waals surface area contributed by atoms with Crippen LogP contribution in [0, 0.1) is 6.92 Å². The van der Waals surface area contributed by atoms with Crippen LogP contribution in [-0.2, 0) is 11.2 Å². The number of hydrogen-bond donors (Lipinski definition) is 1. The summed E-state index contributed by atoms with van der Waals surface area (Å²) in [5.74, 6) is 0.512. The molecule has 0 aliphatic carbocycles. The highest BCUT2D eigenvalue weighted by atomic mass is 35.5. The zero-order valence-electron chi connectivity index (χ0n) is 15.7. The molecule has 1 aliphatic heterocycles. The molecule has 1 atom stereocenters. The van der Waals surface area contributed by atoms with Crippen molar-refractivity contribution in [2.24, 2.45) is 0 Å². The molecule has 4 rings (SSSR count). The Kier molecular flexibility index (Phi) is 5.73. The lowest BCUT2D eigenvalue weighted by Crippen LogP contribution is -2.40. The van der Waals surface area contributed by atoms with Gasteiger partial charge in [-0.25, -0.2) is 0 Å². The molecule has 0 saturated carbocycles. The number of hydrogen-bond acceptors (Lipinski definition) is 5. The van der Waals surface area contributed by atoms with Crippen LogP contribution in [0.1, 0.15) is 26.9 Å². The van der Waals surface area contributed by atoms with Crippen molar-refractivity contribution >= 4 is 45.9 Å². The second-order valence-electron chi connectivity index (χ2n) is 6.79. The van der Waals surface area contributed by atoms with Crippen molar-refractivity contribution in [2.75, 3.05) is 25.5 Å². The molecule has 3 aromatic rings. The van der Waals surface area contributed by atoms with Crippen LogP contribution >= 0.6 is 34.3 Å². The summed E-state index contributed by atoms with van der Waals surface area (Å²) in [6.45, 7) is 3.09. The van der Waals surface area contributed by atoms with Crippen LogP contribution in [0.3, 0.4) is 0 Å². The monoisotopic (exact) mass is 432 g/mol. The zero-order valence-corrected chi connectivity index (χ0v) is 18.1. The van der Waals surface area contributed by atoms with Gasteiger partial charge in [-0.15, -0.1) is 22.7 Å². The Labute approximate surface area is 177 Å². The number of benzene rings is 1. The smallest absolute Gasteiger partial charge is 0.238 e. The number of rotatable bonds is 5. The molecule has 4 nitrogen and oxygen atoms in total. The van der Waals surface area contributed by atoms with Crippen molar-refractivity contribution in [2.45, 2.75) is 19.4 Å². The Hall–Kier alpha value is -1.86. The topological polar surface area (TPSA) is 41.6 Å². The van der Waals surface area contributed by atoms with Gasteiger partial charge in [-0.3, -0.25) is 9.69 Å². The number of amides is 1.